The van der Waals surface area contributed by atoms with Crippen LogP contribution in [0.5, 0.6) is 0 Å². The molecule has 6 nitrogen and oxygen atoms in total. The molecule has 0 aromatic rings. The van der Waals surface area contributed by atoms with Crippen molar-refractivity contribution >= 4 is 5.96 Å². The zero-order chi connectivity index (χ0) is 17.9. The van der Waals surface area contributed by atoms with Crippen molar-refractivity contribution in [1.82, 2.24) is 20.4 Å². The van der Waals surface area contributed by atoms with Crippen LogP contribution in [-0.2, 0) is 4.74 Å². The van der Waals surface area contributed by atoms with Gasteiger partial charge < -0.3 is 15.4 Å². The third kappa shape index (κ3) is 7.36. The Morgan fingerprint density at radius 1 is 1.25 bits per heavy atom. The Balaban J connectivity index is 2.32. The fourth-order valence-corrected chi connectivity index (χ4v) is 3.48. The summed E-state index contributed by atoms with van der Waals surface area (Å²) >= 11 is 0. The molecule has 0 aromatic carbocycles. The second-order valence-corrected chi connectivity index (χ2v) is 7.13. The molecule has 0 amide bonds. The average molecular weight is 342 g/mol. The van der Waals surface area contributed by atoms with Crippen molar-refractivity contribution in [2.45, 2.75) is 58.7 Å². The highest BCUT2D eigenvalue weighted by Gasteiger charge is 2.24. The molecule has 0 aliphatic carbocycles. The highest BCUT2D eigenvalue weighted by Crippen LogP contribution is 2.15. The van der Waals surface area contributed by atoms with E-state index in [2.05, 4.69) is 53.1 Å². The lowest BCUT2D eigenvalue weighted by atomic mass is 10.2. The molecule has 1 aliphatic rings. The maximum atomic E-state index is 5.21. The van der Waals surface area contributed by atoms with Gasteiger partial charge in [-0.3, -0.25) is 14.8 Å². The van der Waals surface area contributed by atoms with Crippen molar-refractivity contribution in [3.8, 4) is 0 Å². The van der Waals surface area contributed by atoms with E-state index in [9.17, 15) is 0 Å². The lowest BCUT2D eigenvalue weighted by Crippen LogP contribution is -2.48. The van der Waals surface area contributed by atoms with Crippen LogP contribution in [0.3, 0.4) is 0 Å². The Labute approximate surface area is 149 Å². The van der Waals surface area contributed by atoms with Crippen LogP contribution >= 0.6 is 0 Å². The van der Waals surface area contributed by atoms with Gasteiger partial charge in [-0.05, 0) is 47.1 Å². The number of methoxy groups -OCH3 is 1. The Kier molecular flexibility index (Phi) is 10.3. The first-order chi connectivity index (χ1) is 11.5. The molecule has 2 N–H and O–H groups in total. The minimum Gasteiger partial charge on any atom is -0.383 e. The van der Waals surface area contributed by atoms with E-state index in [1.807, 2.05) is 7.05 Å². The second kappa shape index (κ2) is 11.7. The third-order valence-electron chi connectivity index (χ3n) is 4.80. The van der Waals surface area contributed by atoms with Gasteiger partial charge in [0.25, 0.3) is 0 Å². The molecule has 1 rings (SSSR count). The number of guanidine groups is 1. The number of nitrogens with one attached hydrogen (secondary N) is 2. The molecular formula is C18H39N5O. The van der Waals surface area contributed by atoms with Crippen LogP contribution in [0.4, 0.5) is 0 Å². The molecule has 24 heavy (non-hydrogen) atoms. The van der Waals surface area contributed by atoms with Crippen molar-refractivity contribution < 1.29 is 4.74 Å². The maximum Gasteiger partial charge on any atom is 0.191 e. The summed E-state index contributed by atoms with van der Waals surface area (Å²) in [5.41, 5.74) is 0. The number of aliphatic imine (C=N–C) groups is 1. The van der Waals surface area contributed by atoms with E-state index >= 15 is 0 Å². The topological polar surface area (TPSA) is 52.1 Å². The largest absolute Gasteiger partial charge is 0.383 e. The van der Waals surface area contributed by atoms with Crippen LogP contribution in [0.15, 0.2) is 4.99 Å². The number of likely N-dealkylation sites (tertiary alicyclic amines) is 1. The standard InChI is InChI=1S/C18H39N5O/c1-15(2)23(16(3)4)11-9-20-18(19-5)21-14-17-8-7-10-22(17)12-13-24-6/h15-17H,7-14H2,1-6H3,(H2,19,20,21). The van der Waals surface area contributed by atoms with Crippen molar-refractivity contribution in [2.75, 3.05) is 53.5 Å². The van der Waals surface area contributed by atoms with Crippen molar-refractivity contribution in [3.05, 3.63) is 0 Å². The van der Waals surface area contributed by atoms with Gasteiger partial charge in [0.1, 0.15) is 0 Å². The van der Waals surface area contributed by atoms with E-state index in [0.717, 1.165) is 38.7 Å². The Morgan fingerprint density at radius 3 is 2.54 bits per heavy atom. The van der Waals surface area contributed by atoms with Gasteiger partial charge in [0, 0.05) is 58.5 Å². The van der Waals surface area contributed by atoms with Crippen LogP contribution < -0.4 is 10.6 Å². The average Bonchev–Trinajstić information content (AvgIpc) is 2.98. The first-order valence-electron chi connectivity index (χ1n) is 9.42. The van der Waals surface area contributed by atoms with Gasteiger partial charge in [-0.1, -0.05) is 0 Å². The SMILES string of the molecule is CN=C(NCCN(C(C)C)C(C)C)NCC1CCCN1CCOC. The molecular weight excluding hydrogens is 302 g/mol. The number of ether oxygens (including phenoxy) is 1. The quantitative estimate of drug-likeness (QED) is 0.464. The summed E-state index contributed by atoms with van der Waals surface area (Å²) in [4.78, 5) is 9.36. The van der Waals surface area contributed by atoms with Crippen LogP contribution in [0.1, 0.15) is 40.5 Å². The summed E-state index contributed by atoms with van der Waals surface area (Å²) < 4.78 is 5.21. The van der Waals surface area contributed by atoms with E-state index in [0.29, 0.717) is 18.1 Å². The molecule has 6 heteroatoms. The summed E-state index contributed by atoms with van der Waals surface area (Å²) in [5.74, 6) is 0.904. The normalized spacial score (nSPS) is 19.7. The molecule has 0 bridgehead atoms. The van der Waals surface area contributed by atoms with E-state index in [1.54, 1.807) is 7.11 Å². The summed E-state index contributed by atoms with van der Waals surface area (Å²) in [7, 11) is 3.61. The zero-order valence-corrected chi connectivity index (χ0v) is 16.6. The molecule has 1 atom stereocenters. The summed E-state index contributed by atoms with van der Waals surface area (Å²) in [6.07, 6.45) is 2.53. The van der Waals surface area contributed by atoms with E-state index in [1.165, 1.54) is 19.4 Å². The molecule has 0 aromatic heterocycles. The lowest BCUT2D eigenvalue weighted by Gasteiger charge is -2.31. The van der Waals surface area contributed by atoms with Crippen LogP contribution in [0.25, 0.3) is 0 Å². The highest BCUT2D eigenvalue weighted by molar-refractivity contribution is 5.79. The zero-order valence-electron chi connectivity index (χ0n) is 16.6. The predicted molar refractivity (Wildman–Crippen MR) is 103 cm³/mol. The van der Waals surface area contributed by atoms with E-state index < -0.39 is 0 Å². The van der Waals surface area contributed by atoms with Gasteiger partial charge in [0.15, 0.2) is 5.96 Å². The van der Waals surface area contributed by atoms with Crippen molar-refractivity contribution in [1.29, 1.82) is 0 Å². The molecule has 1 fully saturated rings. The lowest BCUT2D eigenvalue weighted by molar-refractivity contribution is 0.141. The van der Waals surface area contributed by atoms with Crippen LogP contribution in [-0.4, -0.2) is 87.4 Å². The van der Waals surface area contributed by atoms with Gasteiger partial charge in [-0.2, -0.15) is 0 Å². The summed E-state index contributed by atoms with van der Waals surface area (Å²) in [6, 6.07) is 1.71. The molecule has 1 heterocycles. The smallest absolute Gasteiger partial charge is 0.191 e. The Hall–Kier alpha value is -0.850. The fourth-order valence-electron chi connectivity index (χ4n) is 3.48. The molecule has 1 aliphatic heterocycles. The summed E-state index contributed by atoms with van der Waals surface area (Å²) in [5, 5.41) is 6.93. The summed E-state index contributed by atoms with van der Waals surface area (Å²) in [6.45, 7) is 14.9. The van der Waals surface area contributed by atoms with E-state index in [-0.39, 0.29) is 0 Å². The van der Waals surface area contributed by atoms with Gasteiger partial charge in [0.2, 0.25) is 0 Å². The first-order valence-corrected chi connectivity index (χ1v) is 9.42. The minimum absolute atomic E-state index is 0.564. The Morgan fingerprint density at radius 2 is 1.96 bits per heavy atom. The molecule has 142 valence electrons. The maximum absolute atomic E-state index is 5.21. The number of nitrogens with zero attached hydrogens (tertiary/aromatic N) is 3. The Bertz CT molecular complexity index is 351. The highest BCUT2D eigenvalue weighted by atomic mass is 16.5. The second-order valence-electron chi connectivity index (χ2n) is 7.13. The molecule has 0 radical (unpaired) electrons. The van der Waals surface area contributed by atoms with Crippen molar-refractivity contribution in [2.24, 2.45) is 4.99 Å². The first kappa shape index (κ1) is 21.2. The third-order valence-corrected chi connectivity index (χ3v) is 4.80. The predicted octanol–water partition coefficient (Wildman–Crippen LogP) is 1.38. The molecule has 1 saturated heterocycles. The fraction of sp³-hybridized carbons (Fsp3) is 0.944. The van der Waals surface area contributed by atoms with Gasteiger partial charge in [-0.25, -0.2) is 0 Å². The molecule has 0 spiro atoms. The number of rotatable bonds is 10. The minimum atomic E-state index is 0.564. The van der Waals surface area contributed by atoms with Crippen molar-refractivity contribution in [3.63, 3.8) is 0 Å². The van der Waals surface area contributed by atoms with Crippen LogP contribution in [0.2, 0.25) is 0 Å². The molecule has 1 unspecified atom stereocenters. The number of hydrogen-bond acceptors (Lipinski definition) is 4. The van der Waals surface area contributed by atoms with Gasteiger partial charge in [0.05, 0.1) is 6.61 Å². The molecule has 0 saturated carbocycles. The van der Waals surface area contributed by atoms with E-state index in [4.69, 9.17) is 4.74 Å². The van der Waals surface area contributed by atoms with Gasteiger partial charge >= 0.3 is 0 Å². The van der Waals surface area contributed by atoms with Gasteiger partial charge in [-0.15, -0.1) is 0 Å². The monoisotopic (exact) mass is 341 g/mol. The number of hydrogen-bond donors (Lipinski definition) is 2. The van der Waals surface area contributed by atoms with Crippen LogP contribution in [0, 0.1) is 0 Å².